The molecule has 1 aliphatic carbocycles. The first-order valence-electron chi connectivity index (χ1n) is 9.37. The van der Waals surface area contributed by atoms with Crippen LogP contribution in [-0.4, -0.2) is 54.6 Å². The van der Waals surface area contributed by atoms with E-state index >= 15 is 0 Å². The number of likely N-dealkylation sites (N-methyl/N-ethyl adjacent to an activating group) is 2. The van der Waals surface area contributed by atoms with Crippen molar-refractivity contribution in [1.82, 2.24) is 14.8 Å². The van der Waals surface area contributed by atoms with Crippen LogP contribution in [0.1, 0.15) is 36.6 Å². The van der Waals surface area contributed by atoms with Crippen LogP contribution in [0.5, 0.6) is 0 Å². The maximum absolute atomic E-state index is 11.1. The van der Waals surface area contributed by atoms with E-state index in [1.807, 2.05) is 42.4 Å². The number of carbonyl (C=O) groups is 1. The number of amidine groups is 1. The second kappa shape index (κ2) is 10.6. The number of fused-ring (bicyclic) bond motifs is 1. The third-order valence-corrected chi connectivity index (χ3v) is 4.99. The van der Waals surface area contributed by atoms with Gasteiger partial charge in [0.25, 0.3) is 0 Å². The lowest BCUT2D eigenvalue weighted by Gasteiger charge is -2.34. The Morgan fingerprint density at radius 1 is 1.41 bits per heavy atom. The average Bonchev–Trinajstić information content (AvgIpc) is 2.70. The minimum Gasteiger partial charge on any atom is -0.335 e. The number of aromatic nitrogens is 1. The van der Waals surface area contributed by atoms with Crippen LogP contribution in [0.2, 0.25) is 0 Å². The molecule has 0 bridgehead atoms. The molecule has 0 aliphatic heterocycles. The summed E-state index contributed by atoms with van der Waals surface area (Å²) in [4.78, 5) is 24.5. The van der Waals surface area contributed by atoms with E-state index in [2.05, 4.69) is 34.6 Å². The molecule has 1 aliphatic rings. The lowest BCUT2D eigenvalue weighted by Crippen LogP contribution is -2.39. The number of hydrogen-bond donors (Lipinski definition) is 0. The molecular formula is C22H30N4O. The number of rotatable bonds is 8. The van der Waals surface area contributed by atoms with E-state index in [0.717, 1.165) is 30.7 Å². The Morgan fingerprint density at radius 2 is 2.22 bits per heavy atom. The molecule has 5 heteroatoms. The van der Waals surface area contributed by atoms with E-state index in [-0.39, 0.29) is 0 Å². The van der Waals surface area contributed by atoms with Gasteiger partial charge in [0.2, 0.25) is 0 Å². The van der Waals surface area contributed by atoms with Crippen molar-refractivity contribution in [2.75, 3.05) is 27.7 Å². The monoisotopic (exact) mass is 366 g/mol. The Morgan fingerprint density at radius 3 is 2.93 bits per heavy atom. The van der Waals surface area contributed by atoms with Gasteiger partial charge in [0.15, 0.2) is 0 Å². The van der Waals surface area contributed by atoms with Crippen molar-refractivity contribution < 1.29 is 4.79 Å². The molecule has 1 atom stereocenters. The molecule has 0 amide bonds. The molecule has 0 saturated heterocycles. The van der Waals surface area contributed by atoms with Gasteiger partial charge in [-0.15, -0.1) is 0 Å². The molecule has 0 N–H and O–H groups in total. The Balaban J connectivity index is 2.16. The van der Waals surface area contributed by atoms with Crippen molar-refractivity contribution in [2.24, 2.45) is 4.99 Å². The van der Waals surface area contributed by atoms with Crippen LogP contribution >= 0.6 is 0 Å². The molecule has 27 heavy (non-hydrogen) atoms. The molecule has 144 valence electrons. The van der Waals surface area contributed by atoms with Gasteiger partial charge >= 0.3 is 0 Å². The number of hydrogen-bond acceptors (Lipinski definition) is 4. The van der Waals surface area contributed by atoms with Crippen molar-refractivity contribution in [3.63, 3.8) is 0 Å². The molecule has 0 radical (unpaired) electrons. The van der Waals surface area contributed by atoms with Gasteiger partial charge in [-0.2, -0.15) is 0 Å². The van der Waals surface area contributed by atoms with Crippen LogP contribution in [0.3, 0.4) is 0 Å². The number of aliphatic imine (C=N–C) groups is 1. The quantitative estimate of drug-likeness (QED) is 0.305. The first-order chi connectivity index (χ1) is 13.1. The summed E-state index contributed by atoms with van der Waals surface area (Å²) in [6, 6.07) is 4.49. The summed E-state index contributed by atoms with van der Waals surface area (Å²) in [7, 11) is 5.87. The number of pyridine rings is 1. The van der Waals surface area contributed by atoms with Gasteiger partial charge in [-0.3, -0.25) is 14.9 Å². The fourth-order valence-corrected chi connectivity index (χ4v) is 3.49. The highest BCUT2D eigenvalue weighted by atomic mass is 16.1. The predicted molar refractivity (Wildman–Crippen MR) is 112 cm³/mol. The first kappa shape index (κ1) is 20.8. The Labute approximate surface area is 162 Å². The molecule has 0 fully saturated rings. The van der Waals surface area contributed by atoms with Gasteiger partial charge in [0, 0.05) is 32.4 Å². The minimum atomic E-state index is 0.291. The van der Waals surface area contributed by atoms with Crippen LogP contribution in [0.4, 0.5) is 0 Å². The topological polar surface area (TPSA) is 48.8 Å². The molecular weight excluding hydrogens is 336 g/mol. The maximum Gasteiger partial charge on any atom is 0.125 e. The largest absolute Gasteiger partial charge is 0.335 e. The fourth-order valence-electron chi connectivity index (χ4n) is 3.49. The second-order valence-electron chi connectivity index (χ2n) is 6.72. The molecule has 1 aromatic heterocycles. The molecule has 0 aromatic carbocycles. The molecule has 1 heterocycles. The summed E-state index contributed by atoms with van der Waals surface area (Å²) in [5, 5.41) is 0. The summed E-state index contributed by atoms with van der Waals surface area (Å²) in [5.41, 5.74) is 3.43. The van der Waals surface area contributed by atoms with Crippen LogP contribution in [-0.2, 0) is 11.2 Å². The fraction of sp³-hybridized carbons (Fsp3) is 0.409. The molecule has 1 aromatic rings. The summed E-state index contributed by atoms with van der Waals surface area (Å²) in [6.07, 6.45) is 13.9. The van der Waals surface area contributed by atoms with Gasteiger partial charge in [-0.1, -0.05) is 30.9 Å². The number of allylic oxidation sites excluding steroid dienone is 5. The van der Waals surface area contributed by atoms with E-state index < -0.39 is 0 Å². The number of nitrogens with zero attached hydrogens (tertiary/aromatic N) is 4. The number of aldehydes is 1. The Kier molecular flexibility index (Phi) is 8.14. The summed E-state index contributed by atoms with van der Waals surface area (Å²) >= 11 is 0. The zero-order valence-corrected chi connectivity index (χ0v) is 16.6. The molecule has 1 unspecified atom stereocenters. The third-order valence-electron chi connectivity index (χ3n) is 4.99. The summed E-state index contributed by atoms with van der Waals surface area (Å²) in [6.45, 7) is 4.36. The van der Waals surface area contributed by atoms with Crippen molar-refractivity contribution in [1.29, 1.82) is 0 Å². The van der Waals surface area contributed by atoms with Gasteiger partial charge in [-0.25, -0.2) is 0 Å². The number of aryl methyl sites for hydroxylation is 1. The standard InChI is InChI=1S/C22H30N4O/c1-5-6-7-12-19(14-16-27)26(4)21(23-2)17-25(3)20-13-8-10-18-11-9-15-24-22(18)20/h5-7,9,11-12,15-16,20H,1,8,10,13-14,17H2,2-4H3/b7-6-,19-12+,23-21?. The summed E-state index contributed by atoms with van der Waals surface area (Å²) < 4.78 is 0. The SMILES string of the molecule is C=C/C=C\C=C(/CC=O)N(C)C(CN(C)C1CCCc2cccnc21)=NC. The maximum atomic E-state index is 11.1. The Bertz CT molecular complexity index is 736. The highest BCUT2D eigenvalue weighted by Gasteiger charge is 2.26. The van der Waals surface area contributed by atoms with Crippen molar-refractivity contribution in [2.45, 2.75) is 31.7 Å². The molecule has 0 spiro atoms. The van der Waals surface area contributed by atoms with Gasteiger partial charge < -0.3 is 9.69 Å². The van der Waals surface area contributed by atoms with Crippen molar-refractivity contribution in [3.8, 4) is 0 Å². The smallest absolute Gasteiger partial charge is 0.125 e. The van der Waals surface area contributed by atoms with Crippen molar-refractivity contribution >= 4 is 12.1 Å². The summed E-state index contributed by atoms with van der Waals surface area (Å²) in [5.74, 6) is 0.917. The zero-order valence-electron chi connectivity index (χ0n) is 16.6. The van der Waals surface area contributed by atoms with E-state index in [1.54, 1.807) is 13.1 Å². The predicted octanol–water partition coefficient (Wildman–Crippen LogP) is 3.57. The molecule has 5 nitrogen and oxygen atoms in total. The molecule has 2 rings (SSSR count). The first-order valence-corrected chi connectivity index (χ1v) is 9.37. The average molecular weight is 367 g/mol. The van der Waals surface area contributed by atoms with E-state index in [9.17, 15) is 4.79 Å². The van der Waals surface area contributed by atoms with E-state index in [4.69, 9.17) is 0 Å². The third kappa shape index (κ3) is 5.47. The van der Waals surface area contributed by atoms with E-state index in [1.165, 1.54) is 17.7 Å². The lowest BCUT2D eigenvalue weighted by atomic mass is 9.91. The van der Waals surface area contributed by atoms with Crippen LogP contribution in [0.25, 0.3) is 0 Å². The highest BCUT2D eigenvalue weighted by molar-refractivity contribution is 5.86. The van der Waals surface area contributed by atoms with Gasteiger partial charge in [-0.05, 0) is 44.0 Å². The molecule has 0 saturated carbocycles. The van der Waals surface area contributed by atoms with E-state index in [0.29, 0.717) is 19.0 Å². The lowest BCUT2D eigenvalue weighted by molar-refractivity contribution is -0.107. The van der Waals surface area contributed by atoms with Crippen molar-refractivity contribution in [3.05, 3.63) is 66.2 Å². The Hall–Kier alpha value is -2.53. The zero-order chi connectivity index (χ0) is 19.6. The highest BCUT2D eigenvalue weighted by Crippen LogP contribution is 2.31. The minimum absolute atomic E-state index is 0.291. The van der Waals surface area contributed by atoms with Crippen LogP contribution in [0, 0.1) is 0 Å². The second-order valence-corrected chi connectivity index (χ2v) is 6.72. The van der Waals surface area contributed by atoms with Crippen LogP contribution < -0.4 is 0 Å². The van der Waals surface area contributed by atoms with Gasteiger partial charge in [0.1, 0.15) is 12.1 Å². The van der Waals surface area contributed by atoms with Gasteiger partial charge in [0.05, 0.1) is 18.3 Å². The van der Waals surface area contributed by atoms with Crippen LogP contribution in [0.15, 0.2) is 59.9 Å². The number of carbonyl (C=O) groups excluding carboxylic acids is 1. The normalized spacial score (nSPS) is 17.9.